The summed E-state index contributed by atoms with van der Waals surface area (Å²) in [6, 6.07) is 6.93. The Kier molecular flexibility index (Phi) is 2.38. The molecule has 4 nitrogen and oxygen atoms in total. The highest BCUT2D eigenvalue weighted by atomic mass is 35.5. The average Bonchev–Trinajstić information content (AvgIpc) is 2.80. The van der Waals surface area contributed by atoms with Crippen molar-refractivity contribution < 1.29 is 14.0 Å². The zero-order chi connectivity index (χ0) is 12.7. The van der Waals surface area contributed by atoms with E-state index in [2.05, 4.69) is 4.98 Å². The summed E-state index contributed by atoms with van der Waals surface area (Å²) in [6.45, 7) is 0. The van der Waals surface area contributed by atoms with Crippen LogP contribution in [0.3, 0.4) is 0 Å². The molecule has 0 amide bonds. The molecule has 0 saturated carbocycles. The molecule has 0 spiro atoms. The Balaban J connectivity index is 2.18. The van der Waals surface area contributed by atoms with Crippen LogP contribution in [0.4, 0.5) is 0 Å². The van der Waals surface area contributed by atoms with E-state index in [1.807, 2.05) is 0 Å². The Bertz CT molecular complexity index is 665. The van der Waals surface area contributed by atoms with Crippen LogP contribution in [-0.2, 0) is 0 Å². The number of ketones is 2. The van der Waals surface area contributed by atoms with Crippen LogP contribution in [0, 0.1) is 0 Å². The quantitative estimate of drug-likeness (QED) is 0.790. The van der Waals surface area contributed by atoms with Crippen molar-refractivity contribution >= 4 is 23.2 Å². The van der Waals surface area contributed by atoms with Crippen LogP contribution in [0.2, 0.25) is 5.02 Å². The smallest absolute Gasteiger partial charge is 0.229 e. The molecule has 3 rings (SSSR count). The molecule has 88 valence electrons. The van der Waals surface area contributed by atoms with Gasteiger partial charge >= 0.3 is 0 Å². The largest absolute Gasteiger partial charge is 0.432 e. The molecule has 0 unspecified atom stereocenters. The molecule has 0 radical (unpaired) electrons. The highest BCUT2D eigenvalue weighted by Crippen LogP contribution is 2.30. The molecule has 0 fully saturated rings. The molecule has 2 aromatic rings. The second-order valence-corrected chi connectivity index (χ2v) is 4.15. The van der Waals surface area contributed by atoms with Crippen LogP contribution in [0.1, 0.15) is 21.0 Å². The second-order valence-electron chi connectivity index (χ2n) is 3.74. The number of benzene rings is 1. The molecular weight excluding hydrogens is 254 g/mol. The molecule has 1 aliphatic rings. The lowest BCUT2D eigenvalue weighted by Crippen LogP contribution is -2.09. The Labute approximate surface area is 107 Å². The van der Waals surface area contributed by atoms with Crippen molar-refractivity contribution in [2.24, 2.45) is 0 Å². The summed E-state index contributed by atoms with van der Waals surface area (Å²) in [4.78, 5) is 27.2. The number of fused-ring (bicyclic) bond motifs is 1. The SMILES string of the molecule is O=C1C=CC(=O)c2oc(-c3ccccc3Cl)nc21. The monoisotopic (exact) mass is 259 g/mol. The van der Waals surface area contributed by atoms with Crippen molar-refractivity contribution in [2.45, 2.75) is 0 Å². The van der Waals surface area contributed by atoms with Gasteiger partial charge in [-0.2, -0.15) is 0 Å². The zero-order valence-electron chi connectivity index (χ0n) is 9.01. The standard InChI is InChI=1S/C13H6ClNO3/c14-8-4-2-1-3-7(8)13-15-11-9(16)5-6-10(17)12(11)18-13/h1-6H. The fourth-order valence-corrected chi connectivity index (χ4v) is 1.93. The molecule has 0 N–H and O–H groups in total. The molecule has 0 bridgehead atoms. The summed E-state index contributed by atoms with van der Waals surface area (Å²) in [5.74, 6) is -0.560. The summed E-state index contributed by atoms with van der Waals surface area (Å²) >= 11 is 6.01. The van der Waals surface area contributed by atoms with Gasteiger partial charge in [0.2, 0.25) is 23.2 Å². The molecule has 1 heterocycles. The molecule has 0 saturated heterocycles. The number of carbonyl (C=O) groups is 2. The Morgan fingerprint density at radius 1 is 1.06 bits per heavy atom. The average molecular weight is 260 g/mol. The van der Waals surface area contributed by atoms with E-state index < -0.39 is 0 Å². The molecule has 1 aromatic heterocycles. The van der Waals surface area contributed by atoms with Crippen molar-refractivity contribution in [3.8, 4) is 11.5 Å². The third-order valence-corrected chi connectivity index (χ3v) is 2.90. The summed E-state index contributed by atoms with van der Waals surface area (Å²) < 4.78 is 5.34. The van der Waals surface area contributed by atoms with E-state index >= 15 is 0 Å². The summed E-state index contributed by atoms with van der Waals surface area (Å²) in [5.41, 5.74) is 0.589. The number of halogens is 1. The maximum atomic E-state index is 11.6. The number of rotatable bonds is 1. The van der Waals surface area contributed by atoms with E-state index in [1.165, 1.54) is 12.2 Å². The van der Waals surface area contributed by atoms with Gasteiger partial charge < -0.3 is 4.42 Å². The molecular formula is C13H6ClNO3. The zero-order valence-corrected chi connectivity index (χ0v) is 9.77. The topological polar surface area (TPSA) is 60.2 Å². The predicted molar refractivity (Wildman–Crippen MR) is 64.8 cm³/mol. The summed E-state index contributed by atoms with van der Waals surface area (Å²) in [7, 11) is 0. The lowest BCUT2D eigenvalue weighted by atomic mass is 10.1. The van der Waals surface area contributed by atoms with Gasteiger partial charge in [-0.25, -0.2) is 4.98 Å². The van der Waals surface area contributed by atoms with Crippen molar-refractivity contribution in [1.82, 2.24) is 4.98 Å². The van der Waals surface area contributed by atoms with E-state index in [-0.39, 0.29) is 28.9 Å². The fourth-order valence-electron chi connectivity index (χ4n) is 1.71. The molecule has 1 aliphatic carbocycles. The third kappa shape index (κ3) is 1.58. The minimum absolute atomic E-state index is 0.0302. The molecule has 1 aromatic carbocycles. The Morgan fingerprint density at radius 2 is 1.78 bits per heavy atom. The molecule has 5 heteroatoms. The van der Waals surface area contributed by atoms with Crippen molar-refractivity contribution in [3.05, 3.63) is 52.9 Å². The van der Waals surface area contributed by atoms with Crippen LogP contribution in [0.5, 0.6) is 0 Å². The maximum absolute atomic E-state index is 11.6. The van der Waals surface area contributed by atoms with Gasteiger partial charge in [0, 0.05) is 0 Å². The first-order valence-corrected chi connectivity index (χ1v) is 5.57. The third-order valence-electron chi connectivity index (χ3n) is 2.57. The highest BCUT2D eigenvalue weighted by molar-refractivity contribution is 6.33. The van der Waals surface area contributed by atoms with Crippen LogP contribution in [0.15, 0.2) is 40.8 Å². The normalized spacial score (nSPS) is 13.8. The van der Waals surface area contributed by atoms with Gasteiger partial charge in [0.25, 0.3) is 0 Å². The molecule has 18 heavy (non-hydrogen) atoms. The van der Waals surface area contributed by atoms with Gasteiger partial charge in [-0.3, -0.25) is 9.59 Å². The lowest BCUT2D eigenvalue weighted by Gasteiger charge is -1.97. The number of hydrogen-bond acceptors (Lipinski definition) is 4. The Morgan fingerprint density at radius 3 is 2.50 bits per heavy atom. The number of hydrogen-bond donors (Lipinski definition) is 0. The van der Waals surface area contributed by atoms with E-state index in [9.17, 15) is 9.59 Å². The lowest BCUT2D eigenvalue weighted by molar-refractivity contribution is 0.0974. The van der Waals surface area contributed by atoms with Crippen molar-refractivity contribution in [2.75, 3.05) is 0 Å². The minimum atomic E-state index is -0.365. The van der Waals surface area contributed by atoms with Crippen LogP contribution < -0.4 is 0 Å². The van der Waals surface area contributed by atoms with Gasteiger partial charge in [-0.1, -0.05) is 23.7 Å². The predicted octanol–water partition coefficient (Wildman–Crippen LogP) is 2.93. The first kappa shape index (κ1) is 10.9. The van der Waals surface area contributed by atoms with Gasteiger partial charge in [-0.15, -0.1) is 0 Å². The van der Waals surface area contributed by atoms with Crippen LogP contribution >= 0.6 is 11.6 Å². The number of aromatic nitrogens is 1. The fraction of sp³-hybridized carbons (Fsp3) is 0. The molecule has 0 aliphatic heterocycles. The van der Waals surface area contributed by atoms with Crippen LogP contribution in [-0.4, -0.2) is 16.6 Å². The van der Waals surface area contributed by atoms with Gasteiger partial charge in [-0.05, 0) is 24.3 Å². The number of nitrogens with zero attached hydrogens (tertiary/aromatic N) is 1. The molecule has 0 atom stereocenters. The van der Waals surface area contributed by atoms with Gasteiger partial charge in [0.05, 0.1) is 10.6 Å². The number of oxazole rings is 1. The first-order chi connectivity index (χ1) is 8.66. The van der Waals surface area contributed by atoms with E-state index in [0.717, 1.165) is 0 Å². The maximum Gasteiger partial charge on any atom is 0.229 e. The highest BCUT2D eigenvalue weighted by Gasteiger charge is 2.27. The number of carbonyl (C=O) groups excluding carboxylic acids is 2. The van der Waals surface area contributed by atoms with Crippen molar-refractivity contribution in [1.29, 1.82) is 0 Å². The first-order valence-electron chi connectivity index (χ1n) is 5.19. The van der Waals surface area contributed by atoms with E-state index in [1.54, 1.807) is 24.3 Å². The summed E-state index contributed by atoms with van der Waals surface area (Å²) in [6.07, 6.45) is 2.36. The van der Waals surface area contributed by atoms with E-state index in [0.29, 0.717) is 10.6 Å². The summed E-state index contributed by atoms with van der Waals surface area (Å²) in [5, 5.41) is 0.448. The van der Waals surface area contributed by atoms with Gasteiger partial charge in [0.15, 0.2) is 5.69 Å². The van der Waals surface area contributed by atoms with Gasteiger partial charge in [0.1, 0.15) is 0 Å². The van der Waals surface area contributed by atoms with E-state index in [4.69, 9.17) is 16.0 Å². The van der Waals surface area contributed by atoms with Crippen LogP contribution in [0.25, 0.3) is 11.5 Å². The minimum Gasteiger partial charge on any atom is -0.432 e. The second kappa shape index (κ2) is 3.92. The Hall–Kier alpha value is -2.20. The number of allylic oxidation sites excluding steroid dienone is 2. The van der Waals surface area contributed by atoms with Crippen molar-refractivity contribution in [3.63, 3.8) is 0 Å².